The van der Waals surface area contributed by atoms with Gasteiger partial charge in [-0.05, 0) is 30.4 Å². The lowest BCUT2D eigenvalue weighted by Gasteiger charge is -2.11. The number of aryl methyl sites for hydroxylation is 1. The number of benzene rings is 1. The fraction of sp³-hybridized carbons (Fsp3) is 0.300. The minimum atomic E-state index is -0.00647. The highest BCUT2D eigenvalue weighted by Crippen LogP contribution is 2.35. The van der Waals surface area contributed by atoms with Crippen molar-refractivity contribution in [2.45, 2.75) is 43.6 Å². The van der Waals surface area contributed by atoms with E-state index in [-0.39, 0.29) is 5.25 Å². The van der Waals surface area contributed by atoms with Crippen LogP contribution >= 0.6 is 23.1 Å². The molecule has 0 aliphatic rings. The fourth-order valence-corrected chi connectivity index (χ4v) is 4.44. The first kappa shape index (κ1) is 18.9. The van der Waals surface area contributed by atoms with Crippen molar-refractivity contribution < 1.29 is 4.52 Å². The van der Waals surface area contributed by atoms with E-state index in [2.05, 4.69) is 62.3 Å². The van der Waals surface area contributed by atoms with E-state index in [0.717, 1.165) is 34.5 Å². The summed E-state index contributed by atoms with van der Waals surface area (Å²) in [6, 6.07) is 14.5. The van der Waals surface area contributed by atoms with E-state index in [9.17, 15) is 0 Å². The van der Waals surface area contributed by atoms with Crippen LogP contribution in [0.5, 0.6) is 0 Å². The average Bonchev–Trinajstić information content (AvgIpc) is 3.45. The molecule has 0 bridgehead atoms. The van der Waals surface area contributed by atoms with Gasteiger partial charge in [0.1, 0.15) is 0 Å². The fourth-order valence-electron chi connectivity index (χ4n) is 2.84. The van der Waals surface area contributed by atoms with Crippen molar-refractivity contribution in [2.75, 3.05) is 0 Å². The molecule has 4 rings (SSSR count). The van der Waals surface area contributed by atoms with Gasteiger partial charge in [-0.1, -0.05) is 60.2 Å². The van der Waals surface area contributed by atoms with Crippen LogP contribution in [0.3, 0.4) is 0 Å². The molecule has 1 atom stereocenters. The molecule has 0 saturated carbocycles. The van der Waals surface area contributed by atoms with Crippen molar-refractivity contribution in [3.05, 3.63) is 65.1 Å². The topological polar surface area (TPSA) is 69.6 Å². The Morgan fingerprint density at radius 1 is 1.14 bits per heavy atom. The van der Waals surface area contributed by atoms with Gasteiger partial charge in [-0.3, -0.25) is 4.57 Å². The molecule has 1 unspecified atom stereocenters. The second kappa shape index (κ2) is 8.70. The number of thiophene rings is 1. The van der Waals surface area contributed by atoms with E-state index >= 15 is 0 Å². The summed E-state index contributed by atoms with van der Waals surface area (Å²) < 4.78 is 7.61. The highest BCUT2D eigenvalue weighted by atomic mass is 32.2. The van der Waals surface area contributed by atoms with Crippen LogP contribution in [-0.4, -0.2) is 24.9 Å². The van der Waals surface area contributed by atoms with Gasteiger partial charge in [0.05, 0.1) is 16.7 Å². The smallest absolute Gasteiger partial charge is 0.239 e. The lowest BCUT2D eigenvalue weighted by atomic mass is 10.2. The van der Waals surface area contributed by atoms with Crippen LogP contribution in [0.2, 0.25) is 0 Å². The number of rotatable bonds is 8. The van der Waals surface area contributed by atoms with Crippen molar-refractivity contribution >= 4 is 23.1 Å². The van der Waals surface area contributed by atoms with Crippen LogP contribution in [0.1, 0.15) is 42.8 Å². The van der Waals surface area contributed by atoms with E-state index in [1.54, 1.807) is 23.1 Å². The van der Waals surface area contributed by atoms with Gasteiger partial charge < -0.3 is 4.52 Å². The Kier molecular flexibility index (Phi) is 5.87. The molecule has 0 radical (unpaired) electrons. The van der Waals surface area contributed by atoms with Crippen LogP contribution < -0.4 is 0 Å². The third-order valence-corrected chi connectivity index (χ3v) is 6.16. The van der Waals surface area contributed by atoms with E-state index < -0.39 is 0 Å². The van der Waals surface area contributed by atoms with Gasteiger partial charge in [0.15, 0.2) is 16.8 Å². The third-order valence-electron chi connectivity index (χ3n) is 4.23. The van der Waals surface area contributed by atoms with Gasteiger partial charge in [0, 0.05) is 6.42 Å². The van der Waals surface area contributed by atoms with Gasteiger partial charge in [0.2, 0.25) is 5.89 Å². The maximum absolute atomic E-state index is 5.45. The molecule has 6 nitrogen and oxygen atoms in total. The molecule has 1 aromatic carbocycles. The number of hydrogen-bond acceptors (Lipinski definition) is 7. The number of aromatic nitrogens is 5. The van der Waals surface area contributed by atoms with Crippen LogP contribution in [0.25, 0.3) is 10.7 Å². The Morgan fingerprint density at radius 3 is 2.75 bits per heavy atom. The monoisotopic (exact) mass is 411 g/mol. The van der Waals surface area contributed by atoms with Crippen LogP contribution in [-0.2, 0) is 13.0 Å². The summed E-state index contributed by atoms with van der Waals surface area (Å²) in [4.78, 5) is 5.62. The zero-order valence-corrected chi connectivity index (χ0v) is 17.4. The maximum atomic E-state index is 5.45. The summed E-state index contributed by atoms with van der Waals surface area (Å²) in [5, 5.41) is 15.9. The third kappa shape index (κ3) is 4.18. The molecule has 0 aliphatic carbocycles. The molecule has 0 N–H and O–H groups in total. The van der Waals surface area contributed by atoms with Gasteiger partial charge >= 0.3 is 0 Å². The Balaban J connectivity index is 1.62. The first-order chi connectivity index (χ1) is 13.7. The van der Waals surface area contributed by atoms with Gasteiger partial charge in [-0.2, -0.15) is 4.98 Å². The summed E-state index contributed by atoms with van der Waals surface area (Å²) in [7, 11) is 0. The summed E-state index contributed by atoms with van der Waals surface area (Å²) in [5.74, 6) is 2.26. The predicted octanol–water partition coefficient (Wildman–Crippen LogP) is 5.24. The standard InChI is InChI=1S/C20H21N5OS2/c1-3-8-17-21-19(26-24-17)14(2)28-20-23-22-18(16-11-7-12-27-16)25(20)13-15-9-5-4-6-10-15/h4-7,9-12,14H,3,8,13H2,1-2H3. The molecule has 0 fully saturated rings. The van der Waals surface area contributed by atoms with E-state index in [4.69, 9.17) is 4.52 Å². The molecule has 0 saturated heterocycles. The summed E-state index contributed by atoms with van der Waals surface area (Å²) >= 11 is 3.25. The molecule has 3 aromatic heterocycles. The summed E-state index contributed by atoms with van der Waals surface area (Å²) in [6.45, 7) is 4.87. The van der Waals surface area contributed by atoms with E-state index in [0.29, 0.717) is 12.4 Å². The van der Waals surface area contributed by atoms with Crippen LogP contribution in [0.15, 0.2) is 57.5 Å². The average molecular weight is 412 g/mol. The normalized spacial score (nSPS) is 12.4. The SMILES string of the molecule is CCCc1noc(C(C)Sc2nnc(-c3cccs3)n2Cc2ccccc2)n1. The van der Waals surface area contributed by atoms with Crippen LogP contribution in [0, 0.1) is 0 Å². The van der Waals surface area contributed by atoms with Crippen molar-refractivity contribution in [3.8, 4) is 10.7 Å². The highest BCUT2D eigenvalue weighted by molar-refractivity contribution is 7.99. The van der Waals surface area contributed by atoms with Crippen molar-refractivity contribution in [3.63, 3.8) is 0 Å². The molecule has 4 aromatic rings. The van der Waals surface area contributed by atoms with Gasteiger partial charge in [-0.15, -0.1) is 21.5 Å². The molecule has 144 valence electrons. The molecule has 0 spiro atoms. The first-order valence-corrected chi connectivity index (χ1v) is 11.0. The van der Waals surface area contributed by atoms with Crippen molar-refractivity contribution in [1.82, 2.24) is 24.9 Å². The zero-order valence-electron chi connectivity index (χ0n) is 15.8. The Bertz CT molecular complexity index is 1010. The Hall–Kier alpha value is -2.45. The molecule has 0 aliphatic heterocycles. The lowest BCUT2D eigenvalue weighted by molar-refractivity contribution is 0.374. The maximum Gasteiger partial charge on any atom is 0.239 e. The molecule has 3 heterocycles. The van der Waals surface area contributed by atoms with E-state index in [1.165, 1.54) is 5.56 Å². The Labute approximate surface area is 172 Å². The Morgan fingerprint density at radius 2 is 2.00 bits per heavy atom. The summed E-state index contributed by atoms with van der Waals surface area (Å²) in [5.41, 5.74) is 1.21. The van der Waals surface area contributed by atoms with Crippen molar-refractivity contribution in [2.24, 2.45) is 0 Å². The minimum Gasteiger partial charge on any atom is -0.338 e. The lowest BCUT2D eigenvalue weighted by Crippen LogP contribution is -2.04. The minimum absolute atomic E-state index is 0.00647. The molecule has 28 heavy (non-hydrogen) atoms. The molecular formula is C20H21N5OS2. The second-order valence-electron chi connectivity index (χ2n) is 6.41. The summed E-state index contributed by atoms with van der Waals surface area (Å²) in [6.07, 6.45) is 1.82. The number of thioether (sulfide) groups is 1. The zero-order chi connectivity index (χ0) is 19.3. The number of nitrogens with zero attached hydrogens (tertiary/aromatic N) is 5. The molecule has 8 heteroatoms. The molecule has 0 amide bonds. The van der Waals surface area contributed by atoms with Crippen molar-refractivity contribution in [1.29, 1.82) is 0 Å². The van der Waals surface area contributed by atoms with Gasteiger partial charge in [-0.25, -0.2) is 0 Å². The predicted molar refractivity (Wildman–Crippen MR) is 111 cm³/mol. The van der Waals surface area contributed by atoms with Gasteiger partial charge in [0.25, 0.3) is 0 Å². The first-order valence-electron chi connectivity index (χ1n) is 9.24. The van der Waals surface area contributed by atoms with E-state index in [1.807, 2.05) is 24.3 Å². The highest BCUT2D eigenvalue weighted by Gasteiger charge is 2.21. The largest absolute Gasteiger partial charge is 0.338 e. The second-order valence-corrected chi connectivity index (χ2v) is 8.67. The number of hydrogen-bond donors (Lipinski definition) is 0. The quantitative estimate of drug-likeness (QED) is 0.369. The van der Waals surface area contributed by atoms with Crippen LogP contribution in [0.4, 0.5) is 0 Å². The molecular weight excluding hydrogens is 390 g/mol.